The molecule has 1 aliphatic rings. The Balaban J connectivity index is 1.59. The molecule has 4 rings (SSSR count). The van der Waals surface area contributed by atoms with Crippen LogP contribution in [0.5, 0.6) is 0 Å². The summed E-state index contributed by atoms with van der Waals surface area (Å²) in [5.41, 5.74) is -0.923. The summed E-state index contributed by atoms with van der Waals surface area (Å²) in [6.45, 7) is 5.08. The summed E-state index contributed by atoms with van der Waals surface area (Å²) in [6, 6.07) is 13.6. The van der Waals surface area contributed by atoms with Gasteiger partial charge in [-0.05, 0) is 76.8 Å². The third-order valence-electron chi connectivity index (χ3n) is 7.03. The van der Waals surface area contributed by atoms with Gasteiger partial charge in [0.2, 0.25) is 0 Å². The van der Waals surface area contributed by atoms with Crippen LogP contribution >= 0.6 is 0 Å². The number of nitrogens with zero attached hydrogens (tertiary/aromatic N) is 3. The minimum Gasteiger partial charge on any atom is -0.444 e. The van der Waals surface area contributed by atoms with Gasteiger partial charge in [0.05, 0.1) is 38.1 Å². The number of carbonyl (C=O) groups is 2. The number of ether oxygens (including phenoxy) is 1. The highest BCUT2D eigenvalue weighted by atomic mass is 32.2. The number of fused-ring (bicyclic) bond motifs is 1. The van der Waals surface area contributed by atoms with Crippen molar-refractivity contribution in [3.63, 3.8) is 0 Å². The number of hydrogen-bond donors (Lipinski definition) is 2. The Morgan fingerprint density at radius 2 is 1.69 bits per heavy atom. The zero-order chi connectivity index (χ0) is 30.7. The number of nitriles is 1. The van der Waals surface area contributed by atoms with Crippen LogP contribution < -0.4 is 10.6 Å². The van der Waals surface area contributed by atoms with E-state index in [0.717, 1.165) is 0 Å². The van der Waals surface area contributed by atoms with Gasteiger partial charge in [-0.15, -0.1) is 0 Å². The Hall–Kier alpha value is -4.44. The molecule has 1 aliphatic carbocycles. The molecule has 2 aromatic carbocycles. The first-order chi connectivity index (χ1) is 19.8. The molecule has 13 heteroatoms. The first kappa shape index (κ1) is 30.5. The van der Waals surface area contributed by atoms with Crippen LogP contribution in [0.25, 0.3) is 10.9 Å². The molecular formula is C29H33N5O7S. The number of amides is 2. The molecule has 0 atom stereocenters. The van der Waals surface area contributed by atoms with Crippen LogP contribution in [0, 0.1) is 21.4 Å². The summed E-state index contributed by atoms with van der Waals surface area (Å²) in [5, 5.41) is 27.5. The van der Waals surface area contributed by atoms with Crippen molar-refractivity contribution in [3.05, 3.63) is 69.9 Å². The predicted octanol–water partition coefficient (Wildman–Crippen LogP) is 4.46. The minimum atomic E-state index is -3.78. The summed E-state index contributed by atoms with van der Waals surface area (Å²) < 4.78 is 32.7. The summed E-state index contributed by atoms with van der Waals surface area (Å²) >= 11 is 0. The Morgan fingerprint density at radius 3 is 2.26 bits per heavy atom. The maximum Gasteiger partial charge on any atom is 0.407 e. The van der Waals surface area contributed by atoms with Crippen molar-refractivity contribution in [2.45, 2.75) is 75.6 Å². The number of aryl methyl sites for hydroxylation is 1. The molecule has 0 spiro atoms. The lowest BCUT2D eigenvalue weighted by Crippen LogP contribution is -2.45. The van der Waals surface area contributed by atoms with Crippen LogP contribution in [-0.4, -0.2) is 53.3 Å². The van der Waals surface area contributed by atoms with Gasteiger partial charge in [0.15, 0.2) is 15.5 Å². The molecule has 1 heterocycles. The van der Waals surface area contributed by atoms with Crippen LogP contribution in [0.3, 0.4) is 0 Å². The van der Waals surface area contributed by atoms with E-state index in [0.29, 0.717) is 25.7 Å². The number of alkyl carbamates (subject to hydrolysis) is 1. The average Bonchev–Trinajstić information content (AvgIpc) is 3.26. The molecule has 0 saturated heterocycles. The van der Waals surface area contributed by atoms with Crippen molar-refractivity contribution in [1.82, 2.24) is 15.2 Å². The van der Waals surface area contributed by atoms with Gasteiger partial charge in [0, 0.05) is 18.6 Å². The van der Waals surface area contributed by atoms with Crippen molar-refractivity contribution in [2.24, 2.45) is 0 Å². The Bertz CT molecular complexity index is 1650. The molecule has 222 valence electrons. The molecule has 42 heavy (non-hydrogen) atoms. The van der Waals surface area contributed by atoms with Crippen molar-refractivity contribution in [2.75, 3.05) is 5.75 Å². The molecule has 0 bridgehead atoms. The molecule has 0 aliphatic heterocycles. The van der Waals surface area contributed by atoms with Crippen LogP contribution in [-0.2, 0) is 21.1 Å². The van der Waals surface area contributed by atoms with E-state index in [9.17, 15) is 33.4 Å². The van der Waals surface area contributed by atoms with E-state index in [1.54, 1.807) is 39.0 Å². The number of hydrogen-bond acceptors (Lipinski definition) is 8. The van der Waals surface area contributed by atoms with Crippen LogP contribution in [0.1, 0.15) is 62.5 Å². The lowest BCUT2D eigenvalue weighted by Gasteiger charge is -2.30. The second kappa shape index (κ2) is 12.2. The molecule has 1 saturated carbocycles. The summed E-state index contributed by atoms with van der Waals surface area (Å²) in [5.74, 6) is -1.13. The number of sulfone groups is 1. The third-order valence-corrected chi connectivity index (χ3v) is 8.74. The van der Waals surface area contributed by atoms with E-state index in [-0.39, 0.29) is 45.7 Å². The maximum atomic E-state index is 13.7. The standard InChI is InChI=1S/C29H33N5O7S/c1-29(2,3)41-28(36)32-21-12-10-20(11-13-21)31-27(35)26-25(34(37)38)23-14-9-19(18-30)17-24(23)33(26)15-16-42(39,40)22-7-5-4-6-8-22/h4-9,14,17,20-21H,10-13,15-16H2,1-3H3,(H,31,35)(H,32,36). The van der Waals surface area contributed by atoms with E-state index < -0.39 is 43.8 Å². The smallest absolute Gasteiger partial charge is 0.407 e. The van der Waals surface area contributed by atoms with Gasteiger partial charge in [-0.3, -0.25) is 14.9 Å². The lowest BCUT2D eigenvalue weighted by molar-refractivity contribution is -0.383. The molecule has 1 aromatic heterocycles. The van der Waals surface area contributed by atoms with Crippen molar-refractivity contribution in [3.8, 4) is 6.07 Å². The van der Waals surface area contributed by atoms with E-state index in [4.69, 9.17) is 4.74 Å². The molecule has 0 unspecified atom stereocenters. The Kier molecular flexibility index (Phi) is 8.86. The molecule has 2 N–H and O–H groups in total. The number of nitro groups is 1. The highest BCUT2D eigenvalue weighted by Crippen LogP contribution is 2.34. The van der Waals surface area contributed by atoms with Crippen LogP contribution in [0.2, 0.25) is 0 Å². The summed E-state index contributed by atoms with van der Waals surface area (Å²) in [6.07, 6.45) is 1.64. The number of nitrogens with one attached hydrogen (secondary N) is 2. The fraction of sp³-hybridized carbons (Fsp3) is 0.414. The molecule has 2 amide bonds. The first-order valence-electron chi connectivity index (χ1n) is 13.6. The quantitative estimate of drug-likeness (QED) is 0.284. The lowest BCUT2D eigenvalue weighted by atomic mass is 9.91. The van der Waals surface area contributed by atoms with E-state index >= 15 is 0 Å². The number of benzene rings is 2. The normalized spacial score (nSPS) is 17.3. The second-order valence-corrected chi connectivity index (χ2v) is 13.4. The zero-order valence-corrected chi connectivity index (χ0v) is 24.4. The number of rotatable bonds is 8. The molecule has 3 aromatic rings. The van der Waals surface area contributed by atoms with E-state index in [1.165, 1.54) is 34.9 Å². The Morgan fingerprint density at radius 1 is 1.07 bits per heavy atom. The highest BCUT2D eigenvalue weighted by Gasteiger charge is 2.34. The monoisotopic (exact) mass is 595 g/mol. The fourth-order valence-corrected chi connectivity index (χ4v) is 6.35. The van der Waals surface area contributed by atoms with Gasteiger partial charge in [-0.2, -0.15) is 5.26 Å². The number of aromatic nitrogens is 1. The molecule has 1 fully saturated rings. The maximum absolute atomic E-state index is 13.7. The molecular weight excluding hydrogens is 562 g/mol. The van der Waals surface area contributed by atoms with Crippen molar-refractivity contribution < 1.29 is 27.7 Å². The van der Waals surface area contributed by atoms with Gasteiger partial charge >= 0.3 is 11.8 Å². The van der Waals surface area contributed by atoms with Gasteiger partial charge in [0.1, 0.15) is 5.60 Å². The largest absolute Gasteiger partial charge is 0.444 e. The van der Waals surface area contributed by atoms with Gasteiger partial charge < -0.3 is 19.9 Å². The first-order valence-corrected chi connectivity index (χ1v) is 15.2. The topological polar surface area (TPSA) is 173 Å². The molecule has 12 nitrogen and oxygen atoms in total. The van der Waals surface area contributed by atoms with Crippen LogP contribution in [0.4, 0.5) is 10.5 Å². The second-order valence-electron chi connectivity index (χ2n) is 11.2. The van der Waals surface area contributed by atoms with E-state index in [2.05, 4.69) is 10.6 Å². The zero-order valence-electron chi connectivity index (χ0n) is 23.6. The minimum absolute atomic E-state index is 0.0939. The predicted molar refractivity (Wildman–Crippen MR) is 155 cm³/mol. The summed E-state index contributed by atoms with van der Waals surface area (Å²) in [4.78, 5) is 37.5. The third kappa shape index (κ3) is 7.06. The highest BCUT2D eigenvalue weighted by molar-refractivity contribution is 7.91. The average molecular weight is 596 g/mol. The molecule has 0 radical (unpaired) electrons. The SMILES string of the molecule is CC(C)(C)OC(=O)NC1CCC(NC(=O)c2c([N+](=O)[O-])c3ccc(C#N)cc3n2CCS(=O)(=O)c2ccccc2)CC1. The van der Waals surface area contributed by atoms with Crippen LogP contribution in [0.15, 0.2) is 53.4 Å². The van der Waals surface area contributed by atoms with Gasteiger partial charge in [0.25, 0.3) is 5.91 Å². The van der Waals surface area contributed by atoms with Crippen molar-refractivity contribution in [1.29, 1.82) is 5.26 Å². The Labute approximate surface area is 243 Å². The van der Waals surface area contributed by atoms with Crippen molar-refractivity contribution >= 4 is 38.4 Å². The number of carbonyl (C=O) groups excluding carboxylic acids is 2. The fourth-order valence-electron chi connectivity index (χ4n) is 5.11. The van der Waals surface area contributed by atoms with E-state index in [1.807, 2.05) is 6.07 Å². The van der Waals surface area contributed by atoms with Gasteiger partial charge in [-0.25, -0.2) is 13.2 Å². The summed E-state index contributed by atoms with van der Waals surface area (Å²) in [7, 11) is -3.78. The van der Waals surface area contributed by atoms with Gasteiger partial charge in [-0.1, -0.05) is 18.2 Å².